The Morgan fingerprint density at radius 2 is 1.81 bits per heavy atom. The summed E-state index contributed by atoms with van der Waals surface area (Å²) in [5, 5.41) is 12.8. The lowest BCUT2D eigenvalue weighted by molar-refractivity contribution is -0.145. The molecular formula is C15H29NO5. The first-order chi connectivity index (χ1) is 10.1. The summed E-state index contributed by atoms with van der Waals surface area (Å²) >= 11 is 0. The van der Waals surface area contributed by atoms with E-state index in [9.17, 15) is 9.90 Å². The minimum Gasteiger partial charge on any atom is -0.480 e. The molecule has 0 spiro atoms. The first kappa shape index (κ1) is 18.4. The van der Waals surface area contributed by atoms with Gasteiger partial charge in [0.05, 0.1) is 26.4 Å². The molecule has 1 saturated carbocycles. The van der Waals surface area contributed by atoms with Gasteiger partial charge in [0.2, 0.25) is 0 Å². The fraction of sp³-hybridized carbons (Fsp3) is 0.933. The molecular weight excluding hydrogens is 274 g/mol. The standard InChI is InChI=1S/C15H29NO5/c1-3-15(14(17)18,16-13-5-6-13)7-4-8-20-11-12-21-10-9-19-2/h13,16H,3-12H2,1-2H3,(H,17,18). The van der Waals surface area contributed by atoms with Crippen molar-refractivity contribution in [2.75, 3.05) is 40.1 Å². The van der Waals surface area contributed by atoms with Crippen LogP contribution in [0.25, 0.3) is 0 Å². The van der Waals surface area contributed by atoms with Crippen molar-refractivity contribution in [2.45, 2.75) is 50.6 Å². The molecule has 0 saturated heterocycles. The van der Waals surface area contributed by atoms with E-state index in [1.165, 1.54) is 0 Å². The zero-order chi connectivity index (χ0) is 15.6. The molecule has 1 rings (SSSR count). The van der Waals surface area contributed by atoms with Crippen LogP contribution in [0.5, 0.6) is 0 Å². The van der Waals surface area contributed by atoms with E-state index < -0.39 is 11.5 Å². The van der Waals surface area contributed by atoms with Crippen LogP contribution < -0.4 is 5.32 Å². The summed E-state index contributed by atoms with van der Waals surface area (Å²) in [7, 11) is 1.64. The Kier molecular flexibility index (Phi) is 8.84. The topological polar surface area (TPSA) is 77.0 Å². The number of carboxylic acids is 1. The minimum atomic E-state index is -0.792. The van der Waals surface area contributed by atoms with Crippen LogP contribution in [0, 0.1) is 0 Å². The van der Waals surface area contributed by atoms with Crippen LogP contribution in [0.3, 0.4) is 0 Å². The van der Waals surface area contributed by atoms with Crippen LogP contribution in [0.15, 0.2) is 0 Å². The third kappa shape index (κ3) is 7.22. The Morgan fingerprint density at radius 3 is 2.33 bits per heavy atom. The maximum absolute atomic E-state index is 11.5. The van der Waals surface area contributed by atoms with Gasteiger partial charge in [-0.05, 0) is 32.1 Å². The molecule has 0 amide bonds. The number of nitrogens with one attached hydrogen (secondary N) is 1. The first-order valence-corrected chi connectivity index (χ1v) is 7.80. The maximum Gasteiger partial charge on any atom is 0.323 e. The first-order valence-electron chi connectivity index (χ1n) is 7.80. The third-order valence-electron chi connectivity index (χ3n) is 3.77. The van der Waals surface area contributed by atoms with Gasteiger partial charge in [-0.2, -0.15) is 0 Å². The van der Waals surface area contributed by atoms with Gasteiger partial charge in [0.1, 0.15) is 5.54 Å². The average molecular weight is 303 g/mol. The molecule has 0 radical (unpaired) electrons. The molecule has 1 unspecified atom stereocenters. The minimum absolute atomic E-state index is 0.385. The van der Waals surface area contributed by atoms with Crippen LogP contribution in [0.2, 0.25) is 0 Å². The lowest BCUT2D eigenvalue weighted by Gasteiger charge is -2.29. The SMILES string of the molecule is CCC(CCCOCCOCCOC)(NC1CC1)C(=O)O. The van der Waals surface area contributed by atoms with Crippen LogP contribution >= 0.6 is 0 Å². The molecule has 1 fully saturated rings. The molecule has 6 nitrogen and oxygen atoms in total. The van der Waals surface area contributed by atoms with Crippen molar-refractivity contribution >= 4 is 5.97 Å². The second-order valence-corrected chi connectivity index (χ2v) is 5.48. The van der Waals surface area contributed by atoms with Gasteiger partial charge < -0.3 is 19.3 Å². The number of hydrogen-bond donors (Lipinski definition) is 2. The summed E-state index contributed by atoms with van der Waals surface area (Å²) in [4.78, 5) is 11.5. The average Bonchev–Trinajstić information content (AvgIpc) is 3.28. The van der Waals surface area contributed by atoms with Gasteiger partial charge in [-0.25, -0.2) is 0 Å². The molecule has 0 aliphatic heterocycles. The molecule has 0 bridgehead atoms. The Hall–Kier alpha value is -0.690. The predicted molar refractivity (Wildman–Crippen MR) is 79.6 cm³/mol. The van der Waals surface area contributed by atoms with Crippen LogP contribution in [-0.2, 0) is 19.0 Å². The highest BCUT2D eigenvalue weighted by atomic mass is 16.5. The van der Waals surface area contributed by atoms with E-state index in [-0.39, 0.29) is 0 Å². The van der Waals surface area contributed by atoms with Crippen molar-refractivity contribution in [2.24, 2.45) is 0 Å². The molecule has 1 aliphatic carbocycles. The fourth-order valence-electron chi connectivity index (χ4n) is 2.23. The normalized spacial score (nSPS) is 17.6. The van der Waals surface area contributed by atoms with Crippen molar-refractivity contribution in [1.29, 1.82) is 0 Å². The highest BCUT2D eigenvalue weighted by molar-refractivity contribution is 5.78. The molecule has 0 heterocycles. The third-order valence-corrected chi connectivity index (χ3v) is 3.77. The lowest BCUT2D eigenvalue weighted by atomic mass is 9.90. The van der Waals surface area contributed by atoms with Crippen molar-refractivity contribution in [3.63, 3.8) is 0 Å². The second kappa shape index (κ2) is 10.1. The molecule has 124 valence electrons. The Labute approximate surface area is 127 Å². The van der Waals surface area contributed by atoms with Crippen LogP contribution in [0.4, 0.5) is 0 Å². The Bertz CT molecular complexity index is 296. The number of aliphatic carboxylic acids is 1. The van der Waals surface area contributed by atoms with E-state index in [4.69, 9.17) is 14.2 Å². The van der Waals surface area contributed by atoms with Crippen LogP contribution in [0.1, 0.15) is 39.0 Å². The van der Waals surface area contributed by atoms with E-state index in [1.807, 2.05) is 6.92 Å². The summed E-state index contributed by atoms with van der Waals surface area (Å²) in [6.45, 7) is 4.73. The molecule has 1 atom stereocenters. The van der Waals surface area contributed by atoms with Gasteiger partial charge in [-0.15, -0.1) is 0 Å². The molecule has 0 aromatic rings. The van der Waals surface area contributed by atoms with Gasteiger partial charge in [0.25, 0.3) is 0 Å². The number of carbonyl (C=O) groups is 1. The highest BCUT2D eigenvalue weighted by Gasteiger charge is 2.40. The van der Waals surface area contributed by atoms with Crippen molar-refractivity contribution in [3.05, 3.63) is 0 Å². The number of ether oxygens (including phenoxy) is 3. The lowest BCUT2D eigenvalue weighted by Crippen LogP contribution is -2.52. The molecule has 21 heavy (non-hydrogen) atoms. The van der Waals surface area contributed by atoms with E-state index in [2.05, 4.69) is 5.32 Å². The van der Waals surface area contributed by atoms with Gasteiger partial charge >= 0.3 is 5.97 Å². The number of methoxy groups -OCH3 is 1. The summed E-state index contributed by atoms with van der Waals surface area (Å²) in [5.74, 6) is -0.750. The molecule has 0 aromatic heterocycles. The zero-order valence-corrected chi connectivity index (χ0v) is 13.2. The van der Waals surface area contributed by atoms with Crippen molar-refractivity contribution in [1.82, 2.24) is 5.32 Å². The van der Waals surface area contributed by atoms with E-state index >= 15 is 0 Å². The number of hydrogen-bond acceptors (Lipinski definition) is 5. The summed E-state index contributed by atoms with van der Waals surface area (Å²) in [5.41, 5.74) is -0.792. The molecule has 6 heteroatoms. The smallest absolute Gasteiger partial charge is 0.323 e. The maximum atomic E-state index is 11.5. The summed E-state index contributed by atoms with van der Waals surface area (Å²) in [6, 6.07) is 0.385. The largest absolute Gasteiger partial charge is 0.480 e. The van der Waals surface area contributed by atoms with Gasteiger partial charge in [0, 0.05) is 19.8 Å². The van der Waals surface area contributed by atoms with E-state index in [0.717, 1.165) is 19.3 Å². The predicted octanol–water partition coefficient (Wildman–Crippen LogP) is 1.43. The molecule has 1 aliphatic rings. The molecule has 2 N–H and O–H groups in total. The van der Waals surface area contributed by atoms with Crippen LogP contribution in [-0.4, -0.2) is 62.8 Å². The Morgan fingerprint density at radius 1 is 1.19 bits per heavy atom. The number of rotatable bonds is 14. The monoisotopic (exact) mass is 303 g/mol. The summed E-state index contributed by atoms with van der Waals surface area (Å²) < 4.78 is 15.6. The summed E-state index contributed by atoms with van der Waals surface area (Å²) in [6.07, 6.45) is 4.10. The quantitative estimate of drug-likeness (QED) is 0.473. The highest BCUT2D eigenvalue weighted by Crippen LogP contribution is 2.27. The van der Waals surface area contributed by atoms with E-state index in [1.54, 1.807) is 7.11 Å². The second-order valence-electron chi connectivity index (χ2n) is 5.48. The van der Waals surface area contributed by atoms with Gasteiger partial charge in [0.15, 0.2) is 0 Å². The Balaban J connectivity index is 2.11. The van der Waals surface area contributed by atoms with E-state index in [0.29, 0.717) is 51.9 Å². The van der Waals surface area contributed by atoms with Gasteiger partial charge in [-0.3, -0.25) is 10.1 Å². The fourth-order valence-corrected chi connectivity index (χ4v) is 2.23. The zero-order valence-electron chi connectivity index (χ0n) is 13.2. The molecule has 0 aromatic carbocycles. The van der Waals surface area contributed by atoms with Gasteiger partial charge in [-0.1, -0.05) is 6.92 Å². The number of carboxylic acid groups (broad SMARTS) is 1. The van der Waals surface area contributed by atoms with Crippen molar-refractivity contribution in [3.8, 4) is 0 Å². The van der Waals surface area contributed by atoms with Crippen molar-refractivity contribution < 1.29 is 24.1 Å².